The van der Waals surface area contributed by atoms with E-state index in [1.807, 2.05) is 30.3 Å². The summed E-state index contributed by atoms with van der Waals surface area (Å²) in [6.45, 7) is 2.79. The Kier molecular flexibility index (Phi) is 5.23. The second-order valence-electron chi connectivity index (χ2n) is 4.88. The SMILES string of the molecule is CCCCN(C(=O)c1ccc(N)c(Cl)c1)c1ccccc1. The Bertz CT molecular complexity index is 613. The average Bonchev–Trinajstić information content (AvgIpc) is 2.51. The van der Waals surface area contributed by atoms with Crippen molar-refractivity contribution in [2.75, 3.05) is 17.2 Å². The summed E-state index contributed by atoms with van der Waals surface area (Å²) in [7, 11) is 0. The zero-order chi connectivity index (χ0) is 15.2. The van der Waals surface area contributed by atoms with Gasteiger partial charge in [0.25, 0.3) is 5.91 Å². The van der Waals surface area contributed by atoms with Crippen LogP contribution in [-0.2, 0) is 0 Å². The fraction of sp³-hybridized carbons (Fsp3) is 0.235. The number of amides is 1. The van der Waals surface area contributed by atoms with Crippen LogP contribution in [0.1, 0.15) is 30.1 Å². The maximum absolute atomic E-state index is 12.7. The van der Waals surface area contributed by atoms with Gasteiger partial charge in [-0.05, 0) is 36.8 Å². The normalized spacial score (nSPS) is 10.4. The number of hydrogen-bond acceptors (Lipinski definition) is 2. The van der Waals surface area contributed by atoms with Gasteiger partial charge in [0, 0.05) is 17.8 Å². The molecule has 2 N–H and O–H groups in total. The van der Waals surface area contributed by atoms with Crippen LogP contribution < -0.4 is 10.6 Å². The minimum absolute atomic E-state index is 0.0587. The Morgan fingerprint density at radius 1 is 1.19 bits per heavy atom. The number of hydrogen-bond donors (Lipinski definition) is 1. The predicted molar refractivity (Wildman–Crippen MR) is 88.9 cm³/mol. The van der Waals surface area contributed by atoms with Crippen molar-refractivity contribution in [2.24, 2.45) is 0 Å². The van der Waals surface area contributed by atoms with Gasteiger partial charge in [-0.2, -0.15) is 0 Å². The molecule has 1 amide bonds. The van der Waals surface area contributed by atoms with E-state index in [0.29, 0.717) is 22.8 Å². The highest BCUT2D eigenvalue weighted by Crippen LogP contribution is 2.23. The molecule has 0 radical (unpaired) electrons. The van der Waals surface area contributed by atoms with Crippen molar-refractivity contribution >= 4 is 28.9 Å². The number of para-hydroxylation sites is 1. The third-order valence-corrected chi connectivity index (χ3v) is 3.62. The molecule has 0 saturated heterocycles. The average molecular weight is 303 g/mol. The summed E-state index contributed by atoms with van der Waals surface area (Å²) >= 11 is 6.02. The number of unbranched alkanes of at least 4 members (excludes halogenated alkanes) is 1. The summed E-state index contributed by atoms with van der Waals surface area (Å²) in [4.78, 5) is 14.5. The molecule has 0 saturated carbocycles. The van der Waals surface area contributed by atoms with Crippen LogP contribution in [0.25, 0.3) is 0 Å². The molecule has 110 valence electrons. The molecule has 0 heterocycles. The first-order chi connectivity index (χ1) is 10.1. The van der Waals surface area contributed by atoms with Gasteiger partial charge in [-0.15, -0.1) is 0 Å². The lowest BCUT2D eigenvalue weighted by molar-refractivity contribution is 0.0986. The Morgan fingerprint density at radius 3 is 2.52 bits per heavy atom. The number of nitrogens with zero attached hydrogens (tertiary/aromatic N) is 1. The van der Waals surface area contributed by atoms with Crippen molar-refractivity contribution in [3.63, 3.8) is 0 Å². The highest BCUT2D eigenvalue weighted by Gasteiger charge is 2.17. The molecule has 0 aliphatic rings. The summed E-state index contributed by atoms with van der Waals surface area (Å²) in [6, 6.07) is 14.7. The molecule has 0 unspecified atom stereocenters. The number of halogens is 1. The third-order valence-electron chi connectivity index (χ3n) is 3.30. The number of carbonyl (C=O) groups is 1. The van der Waals surface area contributed by atoms with Crippen LogP contribution in [0.15, 0.2) is 48.5 Å². The number of rotatable bonds is 5. The van der Waals surface area contributed by atoms with Gasteiger partial charge in [-0.1, -0.05) is 43.1 Å². The van der Waals surface area contributed by atoms with Crippen LogP contribution in [-0.4, -0.2) is 12.5 Å². The standard InChI is InChI=1S/C17H19ClN2O/c1-2-3-11-20(14-7-5-4-6-8-14)17(21)13-9-10-16(19)15(18)12-13/h4-10,12H,2-3,11,19H2,1H3. The van der Waals surface area contributed by atoms with Crippen LogP contribution in [0.3, 0.4) is 0 Å². The van der Waals surface area contributed by atoms with E-state index in [2.05, 4.69) is 6.92 Å². The maximum Gasteiger partial charge on any atom is 0.258 e. The fourth-order valence-electron chi connectivity index (χ4n) is 2.09. The highest BCUT2D eigenvalue weighted by atomic mass is 35.5. The van der Waals surface area contributed by atoms with Gasteiger partial charge in [0.05, 0.1) is 10.7 Å². The predicted octanol–water partition coefficient (Wildman–Crippen LogP) is 4.37. The molecule has 2 aromatic carbocycles. The van der Waals surface area contributed by atoms with Gasteiger partial charge in [-0.3, -0.25) is 4.79 Å². The first-order valence-corrected chi connectivity index (χ1v) is 7.43. The van der Waals surface area contributed by atoms with E-state index in [1.54, 1.807) is 23.1 Å². The van der Waals surface area contributed by atoms with Crippen molar-refractivity contribution in [3.05, 3.63) is 59.1 Å². The molecule has 0 spiro atoms. The number of carbonyl (C=O) groups excluding carboxylic acids is 1. The summed E-state index contributed by atoms with van der Waals surface area (Å²) in [5.74, 6) is -0.0587. The largest absolute Gasteiger partial charge is 0.398 e. The Balaban J connectivity index is 2.31. The summed E-state index contributed by atoms with van der Waals surface area (Å²) in [5, 5.41) is 0.407. The Labute approximate surface area is 130 Å². The molecular formula is C17H19ClN2O. The second-order valence-corrected chi connectivity index (χ2v) is 5.29. The van der Waals surface area contributed by atoms with Crippen LogP contribution in [0.4, 0.5) is 11.4 Å². The molecule has 2 aromatic rings. The molecule has 21 heavy (non-hydrogen) atoms. The molecule has 4 heteroatoms. The lowest BCUT2D eigenvalue weighted by atomic mass is 10.1. The minimum atomic E-state index is -0.0587. The summed E-state index contributed by atoms with van der Waals surface area (Å²) in [6.07, 6.45) is 1.97. The maximum atomic E-state index is 12.7. The lowest BCUT2D eigenvalue weighted by Gasteiger charge is -2.23. The second kappa shape index (κ2) is 7.14. The van der Waals surface area contributed by atoms with Crippen LogP contribution >= 0.6 is 11.6 Å². The van der Waals surface area contributed by atoms with E-state index in [4.69, 9.17) is 17.3 Å². The van der Waals surface area contributed by atoms with Crippen molar-refractivity contribution in [3.8, 4) is 0 Å². The smallest absolute Gasteiger partial charge is 0.258 e. The zero-order valence-corrected chi connectivity index (χ0v) is 12.8. The van der Waals surface area contributed by atoms with Crippen molar-refractivity contribution in [1.29, 1.82) is 0 Å². The van der Waals surface area contributed by atoms with Crippen LogP contribution in [0.2, 0.25) is 5.02 Å². The van der Waals surface area contributed by atoms with Gasteiger partial charge in [0.15, 0.2) is 0 Å². The first kappa shape index (κ1) is 15.4. The molecule has 3 nitrogen and oxygen atoms in total. The van der Waals surface area contributed by atoms with Crippen LogP contribution in [0, 0.1) is 0 Å². The fourth-order valence-corrected chi connectivity index (χ4v) is 2.27. The summed E-state index contributed by atoms with van der Waals surface area (Å²) < 4.78 is 0. The molecule has 0 aliphatic carbocycles. The van der Waals surface area contributed by atoms with Gasteiger partial charge < -0.3 is 10.6 Å². The number of nitrogens with two attached hydrogens (primary N) is 1. The van der Waals surface area contributed by atoms with Crippen molar-refractivity contribution in [1.82, 2.24) is 0 Å². The molecule has 0 aromatic heterocycles. The number of nitrogen functional groups attached to an aromatic ring is 1. The molecule has 0 fully saturated rings. The van der Waals surface area contributed by atoms with Gasteiger partial charge in [0.2, 0.25) is 0 Å². The quantitative estimate of drug-likeness (QED) is 0.834. The number of benzene rings is 2. The Morgan fingerprint density at radius 2 is 1.90 bits per heavy atom. The first-order valence-electron chi connectivity index (χ1n) is 7.05. The van der Waals surface area contributed by atoms with Crippen molar-refractivity contribution < 1.29 is 4.79 Å². The minimum Gasteiger partial charge on any atom is -0.398 e. The molecule has 0 aliphatic heterocycles. The van der Waals surface area contributed by atoms with Crippen molar-refractivity contribution in [2.45, 2.75) is 19.8 Å². The monoisotopic (exact) mass is 302 g/mol. The van der Waals surface area contributed by atoms with E-state index in [0.717, 1.165) is 18.5 Å². The van der Waals surface area contributed by atoms with Gasteiger partial charge in [0.1, 0.15) is 0 Å². The van der Waals surface area contributed by atoms with E-state index in [-0.39, 0.29) is 5.91 Å². The molecule has 2 rings (SSSR count). The van der Waals surface area contributed by atoms with E-state index < -0.39 is 0 Å². The molecular weight excluding hydrogens is 284 g/mol. The molecule has 0 atom stereocenters. The van der Waals surface area contributed by atoms with E-state index in [9.17, 15) is 4.79 Å². The highest BCUT2D eigenvalue weighted by molar-refractivity contribution is 6.33. The topological polar surface area (TPSA) is 46.3 Å². The summed E-state index contributed by atoms with van der Waals surface area (Å²) in [5.41, 5.74) is 7.62. The van der Waals surface area contributed by atoms with Gasteiger partial charge in [-0.25, -0.2) is 0 Å². The third kappa shape index (κ3) is 3.76. The van der Waals surface area contributed by atoms with Gasteiger partial charge >= 0.3 is 0 Å². The zero-order valence-electron chi connectivity index (χ0n) is 12.1. The number of anilines is 2. The van der Waals surface area contributed by atoms with E-state index >= 15 is 0 Å². The molecule has 0 bridgehead atoms. The lowest BCUT2D eigenvalue weighted by Crippen LogP contribution is -2.31. The van der Waals surface area contributed by atoms with E-state index in [1.165, 1.54) is 0 Å². The van der Waals surface area contributed by atoms with Crippen LogP contribution in [0.5, 0.6) is 0 Å². The Hall–Kier alpha value is -2.00.